The van der Waals surface area contributed by atoms with E-state index < -0.39 is 0 Å². The summed E-state index contributed by atoms with van der Waals surface area (Å²) in [5.41, 5.74) is 0. The van der Waals surface area contributed by atoms with Gasteiger partial charge in [0.25, 0.3) is 0 Å². The van der Waals surface area contributed by atoms with Crippen molar-refractivity contribution in [2.75, 3.05) is 152 Å². The van der Waals surface area contributed by atoms with Gasteiger partial charge in [-0.05, 0) is 6.42 Å². The molecule has 0 heterocycles. The third kappa shape index (κ3) is 47.5. The Kier molecular flexibility index (Phi) is 47.1. The van der Waals surface area contributed by atoms with Crippen molar-refractivity contribution < 1.29 is 57.2 Å². The van der Waals surface area contributed by atoms with E-state index in [1.807, 2.05) is 0 Å². The molecule has 0 saturated heterocycles. The zero-order chi connectivity index (χ0) is 35.2. The van der Waals surface area contributed by atoms with E-state index in [-0.39, 0.29) is 6.61 Å². The summed E-state index contributed by atoms with van der Waals surface area (Å²) in [6.45, 7) is 14.1. The number of aliphatic hydroxyl groups is 1. The van der Waals surface area contributed by atoms with Crippen LogP contribution in [0.1, 0.15) is 90.4 Å². The molecule has 0 aliphatic heterocycles. The minimum absolute atomic E-state index is 0.0286. The van der Waals surface area contributed by atoms with E-state index in [2.05, 4.69) is 6.92 Å². The summed E-state index contributed by atoms with van der Waals surface area (Å²) in [5, 5.41) is 8.59. The smallest absolute Gasteiger partial charge is 0.0701 e. The summed E-state index contributed by atoms with van der Waals surface area (Å²) in [6.07, 6.45) is 17.8. The van der Waals surface area contributed by atoms with E-state index in [1.165, 1.54) is 77.0 Å². The van der Waals surface area contributed by atoms with E-state index in [1.54, 1.807) is 0 Å². The minimum Gasteiger partial charge on any atom is -0.394 e. The van der Waals surface area contributed by atoms with Crippen LogP contribution < -0.4 is 0 Å². The Morgan fingerprint density at radius 3 is 0.633 bits per heavy atom. The second-order valence-corrected chi connectivity index (χ2v) is 11.7. The Morgan fingerprint density at radius 2 is 0.408 bits per heavy atom. The van der Waals surface area contributed by atoms with Crippen molar-refractivity contribution in [1.29, 1.82) is 0 Å². The molecule has 0 aromatic heterocycles. The highest BCUT2D eigenvalue weighted by atomic mass is 16.6. The van der Waals surface area contributed by atoms with Crippen LogP contribution in [0.2, 0.25) is 0 Å². The van der Waals surface area contributed by atoms with Gasteiger partial charge in [-0.1, -0.05) is 84.0 Å². The van der Waals surface area contributed by atoms with Gasteiger partial charge in [0.05, 0.1) is 145 Å². The van der Waals surface area contributed by atoms with Gasteiger partial charge in [-0.15, -0.1) is 0 Å². The van der Waals surface area contributed by atoms with E-state index in [0.29, 0.717) is 139 Å². The number of rotatable bonds is 46. The van der Waals surface area contributed by atoms with E-state index in [4.69, 9.17) is 57.2 Å². The Labute approximate surface area is 299 Å². The van der Waals surface area contributed by atoms with Crippen molar-refractivity contribution >= 4 is 0 Å². The van der Waals surface area contributed by atoms with Crippen molar-refractivity contribution in [3.05, 3.63) is 0 Å². The van der Waals surface area contributed by atoms with Gasteiger partial charge in [-0.2, -0.15) is 0 Å². The van der Waals surface area contributed by atoms with Crippen molar-refractivity contribution in [2.24, 2.45) is 0 Å². The molecule has 1 N–H and O–H groups in total. The molecule has 12 nitrogen and oxygen atoms in total. The van der Waals surface area contributed by atoms with Crippen molar-refractivity contribution in [2.45, 2.75) is 90.4 Å². The lowest BCUT2D eigenvalue weighted by Crippen LogP contribution is -2.15. The maximum Gasteiger partial charge on any atom is 0.0701 e. The molecule has 0 saturated carbocycles. The first-order valence-corrected chi connectivity index (χ1v) is 19.4. The number of hydrogen-bond acceptors (Lipinski definition) is 12. The first kappa shape index (κ1) is 48.5. The lowest BCUT2D eigenvalue weighted by molar-refractivity contribution is -0.0278. The Bertz CT molecular complexity index is 515. The molecule has 296 valence electrons. The monoisotopic (exact) mass is 713 g/mol. The third-order valence-corrected chi connectivity index (χ3v) is 7.35. The van der Waals surface area contributed by atoms with Gasteiger partial charge in [0.1, 0.15) is 0 Å². The molecule has 0 fully saturated rings. The average molecular weight is 713 g/mol. The Morgan fingerprint density at radius 1 is 0.224 bits per heavy atom. The molecule has 0 unspecified atom stereocenters. The van der Waals surface area contributed by atoms with Crippen molar-refractivity contribution in [1.82, 2.24) is 0 Å². The van der Waals surface area contributed by atoms with Gasteiger partial charge in [-0.3, -0.25) is 0 Å². The van der Waals surface area contributed by atoms with Gasteiger partial charge >= 0.3 is 0 Å². The molecular formula is C37H76O12. The minimum atomic E-state index is 0.0286. The Hall–Kier alpha value is -0.480. The fraction of sp³-hybridized carbons (Fsp3) is 1.00. The number of aliphatic hydroxyl groups excluding tert-OH is 1. The highest BCUT2D eigenvalue weighted by Gasteiger charge is 1.97. The van der Waals surface area contributed by atoms with Crippen molar-refractivity contribution in [3.63, 3.8) is 0 Å². The van der Waals surface area contributed by atoms with E-state index in [0.717, 1.165) is 13.0 Å². The second-order valence-electron chi connectivity index (χ2n) is 11.7. The molecule has 0 spiro atoms. The maximum absolute atomic E-state index is 8.59. The standard InChI is InChI=1S/C37H76O12/c1-2-3-4-5-6-7-8-9-10-11-12-13-14-16-39-18-20-41-22-24-43-26-28-45-30-32-47-34-36-49-37-35-48-33-31-46-29-27-44-25-23-42-21-19-40-17-15-38/h38H,2-37H2,1H3. The molecule has 0 rings (SSSR count). The molecule has 0 amide bonds. The summed E-state index contributed by atoms with van der Waals surface area (Å²) in [4.78, 5) is 0. The van der Waals surface area contributed by atoms with Crippen LogP contribution in [0.5, 0.6) is 0 Å². The summed E-state index contributed by atoms with van der Waals surface area (Å²) in [7, 11) is 0. The molecule has 0 aliphatic rings. The van der Waals surface area contributed by atoms with Gasteiger partial charge in [0.15, 0.2) is 0 Å². The van der Waals surface area contributed by atoms with Crippen LogP contribution in [0.25, 0.3) is 0 Å². The fourth-order valence-corrected chi connectivity index (χ4v) is 4.59. The fourth-order valence-electron chi connectivity index (χ4n) is 4.59. The van der Waals surface area contributed by atoms with E-state index in [9.17, 15) is 0 Å². The van der Waals surface area contributed by atoms with Crippen LogP contribution in [0.15, 0.2) is 0 Å². The number of hydrogen-bond donors (Lipinski definition) is 1. The predicted octanol–water partition coefficient (Wildman–Crippen LogP) is 5.25. The molecule has 0 aromatic carbocycles. The van der Waals surface area contributed by atoms with Gasteiger partial charge in [-0.25, -0.2) is 0 Å². The highest BCUT2D eigenvalue weighted by Crippen LogP contribution is 2.12. The van der Waals surface area contributed by atoms with Crippen LogP contribution in [0.4, 0.5) is 0 Å². The van der Waals surface area contributed by atoms with E-state index >= 15 is 0 Å². The molecule has 12 heteroatoms. The normalized spacial score (nSPS) is 11.6. The lowest BCUT2D eigenvalue weighted by Gasteiger charge is -2.09. The summed E-state index contributed by atoms with van der Waals surface area (Å²) >= 11 is 0. The lowest BCUT2D eigenvalue weighted by atomic mass is 10.0. The quantitative estimate of drug-likeness (QED) is 0.0830. The highest BCUT2D eigenvalue weighted by molar-refractivity contribution is 4.49. The van der Waals surface area contributed by atoms with Gasteiger partial charge in [0.2, 0.25) is 0 Å². The predicted molar refractivity (Wildman–Crippen MR) is 192 cm³/mol. The first-order valence-electron chi connectivity index (χ1n) is 19.4. The summed E-state index contributed by atoms with van der Waals surface area (Å²) < 4.78 is 60.0. The largest absolute Gasteiger partial charge is 0.394 e. The molecule has 0 atom stereocenters. The number of unbranched alkanes of at least 4 members (excludes halogenated alkanes) is 12. The Balaban J connectivity index is 3.04. The molecular weight excluding hydrogens is 636 g/mol. The second kappa shape index (κ2) is 47.5. The topological polar surface area (TPSA) is 122 Å². The summed E-state index contributed by atoms with van der Waals surface area (Å²) in [5.74, 6) is 0. The van der Waals surface area contributed by atoms with Crippen LogP contribution in [-0.4, -0.2) is 157 Å². The molecule has 0 bridgehead atoms. The van der Waals surface area contributed by atoms with Crippen LogP contribution in [0, 0.1) is 0 Å². The first-order chi connectivity index (χ1) is 24.4. The SMILES string of the molecule is CCCCCCCCCCCCCCCOCCOCCOCCOCCOCCOCCOCCOCCOCCOCCOCCO. The molecule has 49 heavy (non-hydrogen) atoms. The van der Waals surface area contributed by atoms with Gasteiger partial charge in [0, 0.05) is 6.61 Å². The molecule has 0 radical (unpaired) electrons. The average Bonchev–Trinajstić information content (AvgIpc) is 3.11. The van der Waals surface area contributed by atoms with Crippen LogP contribution in [-0.2, 0) is 52.1 Å². The molecule has 0 aromatic rings. The van der Waals surface area contributed by atoms with Gasteiger partial charge < -0.3 is 57.2 Å². The zero-order valence-electron chi connectivity index (χ0n) is 31.4. The van der Waals surface area contributed by atoms with Crippen molar-refractivity contribution in [3.8, 4) is 0 Å². The zero-order valence-corrected chi connectivity index (χ0v) is 31.4. The van der Waals surface area contributed by atoms with Crippen LogP contribution >= 0.6 is 0 Å². The maximum atomic E-state index is 8.59. The third-order valence-electron chi connectivity index (χ3n) is 7.35. The summed E-state index contributed by atoms with van der Waals surface area (Å²) in [6, 6.07) is 0. The number of ether oxygens (including phenoxy) is 11. The van der Waals surface area contributed by atoms with Crippen LogP contribution in [0.3, 0.4) is 0 Å². The molecule has 0 aliphatic carbocycles.